The number of piperidine rings is 1. The fraction of sp³-hybridized carbons (Fsp3) is 0.556. The van der Waals surface area contributed by atoms with Crippen LogP contribution in [-0.2, 0) is 16.0 Å². The Kier molecular flexibility index (Phi) is 6.59. The fourth-order valence-corrected chi connectivity index (χ4v) is 2.97. The number of carbonyl (C=O) groups excluding carboxylic acids is 2. The molecule has 1 fully saturated rings. The molecule has 1 aromatic rings. The molecule has 0 aromatic heterocycles. The molecular formula is C18H27N3O2. The molecule has 0 bridgehead atoms. The topological polar surface area (TPSA) is 75.4 Å². The molecule has 1 heterocycles. The molecule has 0 saturated carbocycles. The highest BCUT2D eigenvalue weighted by molar-refractivity contribution is 5.84. The number of amides is 2. The number of carbonyl (C=O) groups is 2. The van der Waals surface area contributed by atoms with Crippen molar-refractivity contribution in [3.05, 3.63) is 35.9 Å². The highest BCUT2D eigenvalue weighted by atomic mass is 16.2. The summed E-state index contributed by atoms with van der Waals surface area (Å²) >= 11 is 0. The van der Waals surface area contributed by atoms with Crippen molar-refractivity contribution in [2.45, 2.75) is 38.6 Å². The predicted octanol–water partition coefficient (Wildman–Crippen LogP) is 1.32. The first kappa shape index (κ1) is 17.5. The van der Waals surface area contributed by atoms with Crippen molar-refractivity contribution in [2.75, 3.05) is 19.6 Å². The van der Waals surface area contributed by atoms with Crippen molar-refractivity contribution in [2.24, 2.45) is 11.7 Å². The molecular weight excluding hydrogens is 290 g/mol. The molecule has 1 saturated heterocycles. The molecule has 1 aliphatic rings. The van der Waals surface area contributed by atoms with Gasteiger partial charge in [0.15, 0.2) is 0 Å². The standard InChI is InChI=1S/C18H27N3O2/c1-2-10-20-17(22)15-9-6-11-21(13-15)18(23)16(19)12-14-7-4-3-5-8-14/h3-5,7-8,15-16H,2,6,9-13,19H2,1H3,(H,20,22)/t15?,16-/m0/s1. The second-order valence-corrected chi connectivity index (χ2v) is 6.21. The van der Waals surface area contributed by atoms with Gasteiger partial charge >= 0.3 is 0 Å². The van der Waals surface area contributed by atoms with Crippen molar-refractivity contribution >= 4 is 11.8 Å². The maximum Gasteiger partial charge on any atom is 0.239 e. The average Bonchev–Trinajstić information content (AvgIpc) is 2.60. The third-order valence-electron chi connectivity index (χ3n) is 4.27. The highest BCUT2D eigenvalue weighted by Crippen LogP contribution is 2.18. The van der Waals surface area contributed by atoms with Gasteiger partial charge in [0.1, 0.15) is 0 Å². The Labute approximate surface area is 138 Å². The summed E-state index contributed by atoms with van der Waals surface area (Å²) < 4.78 is 0. The molecule has 1 aromatic carbocycles. The minimum Gasteiger partial charge on any atom is -0.356 e. The number of nitrogens with zero attached hydrogens (tertiary/aromatic N) is 1. The molecule has 3 N–H and O–H groups in total. The van der Waals surface area contributed by atoms with Crippen molar-refractivity contribution in [1.82, 2.24) is 10.2 Å². The number of nitrogens with two attached hydrogens (primary N) is 1. The van der Waals surface area contributed by atoms with Gasteiger partial charge in [-0.15, -0.1) is 0 Å². The van der Waals surface area contributed by atoms with Crippen LogP contribution in [-0.4, -0.2) is 42.4 Å². The summed E-state index contributed by atoms with van der Waals surface area (Å²) in [6.45, 7) is 3.89. The summed E-state index contributed by atoms with van der Waals surface area (Å²) in [6, 6.07) is 9.24. The quantitative estimate of drug-likeness (QED) is 0.831. The maximum atomic E-state index is 12.6. The van der Waals surface area contributed by atoms with Crippen molar-refractivity contribution in [1.29, 1.82) is 0 Å². The predicted molar refractivity (Wildman–Crippen MR) is 90.7 cm³/mol. The van der Waals surface area contributed by atoms with Gasteiger partial charge in [-0.2, -0.15) is 0 Å². The Morgan fingerprint density at radius 1 is 1.35 bits per heavy atom. The van der Waals surface area contributed by atoms with Gasteiger partial charge in [-0.25, -0.2) is 0 Å². The van der Waals surface area contributed by atoms with E-state index in [2.05, 4.69) is 5.32 Å². The zero-order valence-electron chi connectivity index (χ0n) is 13.8. The van der Waals surface area contributed by atoms with E-state index in [0.717, 1.165) is 24.8 Å². The molecule has 1 unspecified atom stereocenters. The molecule has 2 amide bonds. The molecule has 2 rings (SSSR count). The first-order chi connectivity index (χ1) is 11.1. The van der Waals surface area contributed by atoms with Crippen LogP contribution >= 0.6 is 0 Å². The molecule has 0 radical (unpaired) electrons. The first-order valence-electron chi connectivity index (χ1n) is 8.47. The lowest BCUT2D eigenvalue weighted by atomic mass is 9.96. The number of likely N-dealkylation sites (tertiary alicyclic amines) is 1. The van der Waals surface area contributed by atoms with E-state index in [0.29, 0.717) is 26.1 Å². The highest BCUT2D eigenvalue weighted by Gasteiger charge is 2.30. The van der Waals surface area contributed by atoms with Gasteiger partial charge in [-0.3, -0.25) is 9.59 Å². The molecule has 0 spiro atoms. The van der Waals surface area contributed by atoms with E-state index < -0.39 is 6.04 Å². The van der Waals surface area contributed by atoms with E-state index in [1.165, 1.54) is 0 Å². The number of nitrogens with one attached hydrogen (secondary N) is 1. The number of benzene rings is 1. The van der Waals surface area contributed by atoms with Gasteiger partial charge in [-0.05, 0) is 31.2 Å². The lowest BCUT2D eigenvalue weighted by Crippen LogP contribution is -2.51. The van der Waals surface area contributed by atoms with Crippen LogP contribution < -0.4 is 11.1 Å². The third kappa shape index (κ3) is 5.06. The Hall–Kier alpha value is -1.88. The second kappa shape index (κ2) is 8.67. The summed E-state index contributed by atoms with van der Waals surface area (Å²) in [5.41, 5.74) is 7.15. The molecule has 126 valence electrons. The van der Waals surface area contributed by atoms with Crippen LogP contribution in [0.4, 0.5) is 0 Å². The molecule has 5 heteroatoms. The van der Waals surface area contributed by atoms with E-state index in [1.54, 1.807) is 4.90 Å². The Morgan fingerprint density at radius 2 is 2.09 bits per heavy atom. The zero-order chi connectivity index (χ0) is 16.7. The van der Waals surface area contributed by atoms with Crippen LogP contribution in [0.5, 0.6) is 0 Å². The average molecular weight is 317 g/mol. The Bertz CT molecular complexity index is 518. The third-order valence-corrected chi connectivity index (χ3v) is 4.27. The summed E-state index contributed by atoms with van der Waals surface area (Å²) in [5, 5.41) is 2.92. The molecule has 2 atom stereocenters. The SMILES string of the molecule is CCCNC(=O)C1CCCN(C(=O)[C@@H](N)Cc2ccccc2)C1. The molecule has 5 nitrogen and oxygen atoms in total. The van der Waals surface area contributed by atoms with E-state index in [4.69, 9.17) is 5.73 Å². The Morgan fingerprint density at radius 3 is 2.78 bits per heavy atom. The number of rotatable bonds is 6. The largest absolute Gasteiger partial charge is 0.356 e. The van der Waals surface area contributed by atoms with Crippen molar-refractivity contribution in [3.63, 3.8) is 0 Å². The van der Waals surface area contributed by atoms with Crippen molar-refractivity contribution < 1.29 is 9.59 Å². The van der Waals surface area contributed by atoms with Crippen LogP contribution in [0.2, 0.25) is 0 Å². The van der Waals surface area contributed by atoms with E-state index in [9.17, 15) is 9.59 Å². The summed E-state index contributed by atoms with van der Waals surface area (Å²) in [5.74, 6) is -0.106. The minimum atomic E-state index is -0.546. The van der Waals surface area contributed by atoms with Gasteiger partial charge in [0.2, 0.25) is 11.8 Å². The lowest BCUT2D eigenvalue weighted by molar-refractivity contribution is -0.136. The van der Waals surface area contributed by atoms with Gasteiger partial charge in [-0.1, -0.05) is 37.3 Å². The van der Waals surface area contributed by atoms with Gasteiger partial charge in [0.05, 0.1) is 12.0 Å². The lowest BCUT2D eigenvalue weighted by Gasteiger charge is -2.33. The van der Waals surface area contributed by atoms with Crippen molar-refractivity contribution in [3.8, 4) is 0 Å². The van der Waals surface area contributed by atoms with Gasteiger partial charge in [0, 0.05) is 19.6 Å². The molecule has 1 aliphatic heterocycles. The summed E-state index contributed by atoms with van der Waals surface area (Å²) in [7, 11) is 0. The smallest absolute Gasteiger partial charge is 0.239 e. The van der Waals surface area contributed by atoms with E-state index in [1.807, 2.05) is 37.3 Å². The Balaban J connectivity index is 1.89. The minimum absolute atomic E-state index is 0.0538. The molecule has 0 aliphatic carbocycles. The maximum absolute atomic E-state index is 12.6. The van der Waals surface area contributed by atoms with E-state index in [-0.39, 0.29) is 17.7 Å². The van der Waals surface area contributed by atoms with Crippen LogP contribution in [0.3, 0.4) is 0 Å². The van der Waals surface area contributed by atoms with Crippen LogP contribution in [0.25, 0.3) is 0 Å². The monoisotopic (exact) mass is 317 g/mol. The fourth-order valence-electron chi connectivity index (χ4n) is 2.97. The van der Waals surface area contributed by atoms with Gasteiger partial charge < -0.3 is 16.0 Å². The normalized spacial score (nSPS) is 19.2. The number of hydrogen-bond acceptors (Lipinski definition) is 3. The number of hydrogen-bond donors (Lipinski definition) is 2. The van der Waals surface area contributed by atoms with Crippen LogP contribution in [0.15, 0.2) is 30.3 Å². The van der Waals surface area contributed by atoms with Crippen LogP contribution in [0, 0.1) is 5.92 Å². The zero-order valence-corrected chi connectivity index (χ0v) is 13.8. The molecule has 23 heavy (non-hydrogen) atoms. The first-order valence-corrected chi connectivity index (χ1v) is 8.47. The van der Waals surface area contributed by atoms with Crippen LogP contribution in [0.1, 0.15) is 31.7 Å². The van der Waals surface area contributed by atoms with E-state index >= 15 is 0 Å². The second-order valence-electron chi connectivity index (χ2n) is 6.21. The summed E-state index contributed by atoms with van der Waals surface area (Å²) in [4.78, 5) is 26.4. The summed E-state index contributed by atoms with van der Waals surface area (Å²) in [6.07, 6.45) is 3.15. The van der Waals surface area contributed by atoms with Gasteiger partial charge in [0.25, 0.3) is 0 Å².